The Morgan fingerprint density at radius 1 is 1.20 bits per heavy atom. The van der Waals surface area contributed by atoms with E-state index in [0.29, 0.717) is 6.61 Å². The van der Waals surface area contributed by atoms with Gasteiger partial charge in [0, 0.05) is 13.0 Å². The van der Waals surface area contributed by atoms with Gasteiger partial charge in [0.1, 0.15) is 6.54 Å². The fourth-order valence-corrected chi connectivity index (χ4v) is 1.43. The number of ether oxygens (including phenoxy) is 1. The highest BCUT2D eigenvalue weighted by molar-refractivity contribution is 5.83. The van der Waals surface area contributed by atoms with Crippen molar-refractivity contribution in [3.05, 3.63) is 0 Å². The quantitative estimate of drug-likeness (QED) is 0.630. The summed E-state index contributed by atoms with van der Waals surface area (Å²) in [5.74, 6) is -0.309. The lowest BCUT2D eigenvalue weighted by atomic mass is 10.0. The van der Waals surface area contributed by atoms with Crippen LogP contribution in [0.15, 0.2) is 0 Å². The van der Waals surface area contributed by atoms with Crippen LogP contribution < -0.4 is 0 Å². The third kappa shape index (κ3) is 4.81. The van der Waals surface area contributed by atoms with Crippen molar-refractivity contribution in [1.29, 1.82) is 0 Å². The van der Waals surface area contributed by atoms with Gasteiger partial charge < -0.3 is 9.64 Å². The first-order valence-corrected chi connectivity index (χ1v) is 5.47. The summed E-state index contributed by atoms with van der Waals surface area (Å²) in [6.07, 6.45) is 1.62. The van der Waals surface area contributed by atoms with Crippen LogP contribution in [-0.4, -0.2) is 37.0 Å². The predicted octanol–water partition coefficient (Wildman–Crippen LogP) is 1.44. The first-order valence-electron chi connectivity index (χ1n) is 5.47. The van der Waals surface area contributed by atoms with E-state index in [-0.39, 0.29) is 24.3 Å². The lowest BCUT2D eigenvalue weighted by Gasteiger charge is -2.21. The summed E-state index contributed by atoms with van der Waals surface area (Å²) >= 11 is 0. The van der Waals surface area contributed by atoms with E-state index in [1.165, 1.54) is 4.90 Å². The topological polar surface area (TPSA) is 46.6 Å². The number of amides is 1. The van der Waals surface area contributed by atoms with Gasteiger partial charge in [-0.05, 0) is 19.8 Å². The zero-order chi connectivity index (χ0) is 11.8. The van der Waals surface area contributed by atoms with Crippen LogP contribution in [0.3, 0.4) is 0 Å². The van der Waals surface area contributed by atoms with Crippen molar-refractivity contribution in [2.45, 2.75) is 33.6 Å². The van der Waals surface area contributed by atoms with E-state index < -0.39 is 0 Å². The minimum absolute atomic E-state index is 0.0180. The van der Waals surface area contributed by atoms with Gasteiger partial charge in [0.05, 0.1) is 6.61 Å². The molecule has 0 aromatic heterocycles. The molecule has 0 radical (unpaired) electrons. The number of carbonyl (C=O) groups excluding carboxylic acids is 2. The Kier molecular flexibility index (Phi) is 6.75. The molecule has 0 N–H and O–H groups in total. The maximum atomic E-state index is 11.8. The predicted molar refractivity (Wildman–Crippen MR) is 58.3 cm³/mol. The molecule has 0 bridgehead atoms. The zero-order valence-electron chi connectivity index (χ0n) is 10.1. The number of carbonyl (C=O) groups is 2. The summed E-state index contributed by atoms with van der Waals surface area (Å²) in [6, 6.07) is 0. The molecule has 4 nitrogen and oxygen atoms in total. The van der Waals surface area contributed by atoms with E-state index in [9.17, 15) is 9.59 Å². The highest BCUT2D eigenvalue weighted by Gasteiger charge is 2.20. The second-order valence-electron chi connectivity index (χ2n) is 3.51. The fourth-order valence-electron chi connectivity index (χ4n) is 1.43. The fraction of sp³-hybridized carbons (Fsp3) is 0.818. The third-order valence-corrected chi connectivity index (χ3v) is 2.38. The molecule has 0 aliphatic heterocycles. The van der Waals surface area contributed by atoms with Crippen LogP contribution in [0.5, 0.6) is 0 Å². The van der Waals surface area contributed by atoms with Crippen LogP contribution in [0.4, 0.5) is 0 Å². The first-order chi connectivity index (χ1) is 7.06. The number of esters is 1. The lowest BCUT2D eigenvalue weighted by Crippen LogP contribution is -2.37. The second-order valence-corrected chi connectivity index (χ2v) is 3.51. The maximum absolute atomic E-state index is 11.8. The second kappa shape index (κ2) is 7.26. The van der Waals surface area contributed by atoms with Gasteiger partial charge >= 0.3 is 5.97 Å². The summed E-state index contributed by atoms with van der Waals surface area (Å²) < 4.78 is 4.78. The normalized spacial score (nSPS) is 10.2. The van der Waals surface area contributed by atoms with E-state index in [0.717, 1.165) is 12.8 Å². The molecule has 0 saturated heterocycles. The molecule has 0 unspecified atom stereocenters. The molecule has 0 aromatic rings. The molecule has 0 aliphatic rings. The molecule has 0 aromatic carbocycles. The molecule has 1 amide bonds. The first kappa shape index (κ1) is 13.9. The maximum Gasteiger partial charge on any atom is 0.325 e. The Bertz CT molecular complexity index is 212. The number of nitrogens with zero attached hydrogens (tertiary/aromatic N) is 1. The summed E-state index contributed by atoms with van der Waals surface area (Å²) in [5, 5.41) is 0. The molecule has 0 heterocycles. The summed E-state index contributed by atoms with van der Waals surface area (Å²) in [7, 11) is 1.64. The molecule has 15 heavy (non-hydrogen) atoms. The molecular weight excluding hydrogens is 194 g/mol. The molecule has 0 aliphatic carbocycles. The van der Waals surface area contributed by atoms with Crippen LogP contribution in [0.1, 0.15) is 33.6 Å². The van der Waals surface area contributed by atoms with Crippen LogP contribution in [0.2, 0.25) is 0 Å². The molecule has 0 spiro atoms. The molecular formula is C11H21NO3. The Morgan fingerprint density at radius 3 is 2.13 bits per heavy atom. The third-order valence-electron chi connectivity index (χ3n) is 2.38. The monoisotopic (exact) mass is 215 g/mol. The van der Waals surface area contributed by atoms with E-state index in [1.807, 2.05) is 13.8 Å². The minimum atomic E-state index is -0.348. The SMILES string of the molecule is CCOC(=O)CN(C)C(=O)C(CC)CC. The van der Waals surface area contributed by atoms with Gasteiger partial charge in [-0.15, -0.1) is 0 Å². The Morgan fingerprint density at radius 2 is 1.73 bits per heavy atom. The van der Waals surface area contributed by atoms with Crippen LogP contribution in [0.25, 0.3) is 0 Å². The summed E-state index contributed by atoms with van der Waals surface area (Å²) in [5.41, 5.74) is 0. The molecule has 4 heteroatoms. The number of rotatable bonds is 6. The van der Waals surface area contributed by atoms with Crippen molar-refractivity contribution < 1.29 is 14.3 Å². The smallest absolute Gasteiger partial charge is 0.325 e. The Labute approximate surface area is 91.6 Å². The summed E-state index contributed by atoms with van der Waals surface area (Å²) in [4.78, 5) is 24.3. The average Bonchev–Trinajstić information content (AvgIpc) is 2.19. The van der Waals surface area contributed by atoms with Gasteiger partial charge in [-0.25, -0.2) is 0 Å². The number of hydrogen-bond acceptors (Lipinski definition) is 3. The van der Waals surface area contributed by atoms with Gasteiger partial charge in [-0.1, -0.05) is 13.8 Å². The summed E-state index contributed by atoms with van der Waals surface area (Å²) in [6.45, 7) is 6.10. The molecule has 0 atom stereocenters. The van der Waals surface area contributed by atoms with E-state index in [2.05, 4.69) is 0 Å². The number of hydrogen-bond donors (Lipinski definition) is 0. The van der Waals surface area contributed by atoms with Crippen molar-refractivity contribution >= 4 is 11.9 Å². The average molecular weight is 215 g/mol. The lowest BCUT2D eigenvalue weighted by molar-refractivity contribution is -0.149. The van der Waals surface area contributed by atoms with Gasteiger partial charge in [-0.3, -0.25) is 9.59 Å². The molecule has 0 saturated carbocycles. The van der Waals surface area contributed by atoms with E-state index in [1.54, 1.807) is 14.0 Å². The van der Waals surface area contributed by atoms with E-state index in [4.69, 9.17) is 4.74 Å². The molecule has 0 rings (SSSR count). The van der Waals surface area contributed by atoms with Crippen molar-refractivity contribution in [1.82, 2.24) is 4.90 Å². The molecule has 0 fully saturated rings. The van der Waals surface area contributed by atoms with Crippen molar-refractivity contribution in [3.63, 3.8) is 0 Å². The van der Waals surface area contributed by atoms with Crippen LogP contribution >= 0.6 is 0 Å². The van der Waals surface area contributed by atoms with Gasteiger partial charge in [0.15, 0.2) is 0 Å². The Balaban J connectivity index is 4.13. The van der Waals surface area contributed by atoms with Crippen molar-refractivity contribution in [2.24, 2.45) is 5.92 Å². The molecule has 88 valence electrons. The standard InChI is InChI=1S/C11H21NO3/c1-5-9(6-2)11(14)12(4)8-10(13)15-7-3/h9H,5-8H2,1-4H3. The zero-order valence-corrected chi connectivity index (χ0v) is 10.1. The van der Waals surface area contributed by atoms with Crippen molar-refractivity contribution in [2.75, 3.05) is 20.2 Å². The largest absolute Gasteiger partial charge is 0.465 e. The minimum Gasteiger partial charge on any atom is -0.465 e. The number of likely N-dealkylation sites (N-methyl/N-ethyl adjacent to an activating group) is 1. The van der Waals surface area contributed by atoms with E-state index >= 15 is 0 Å². The Hall–Kier alpha value is -1.06. The van der Waals surface area contributed by atoms with Crippen LogP contribution in [-0.2, 0) is 14.3 Å². The highest BCUT2D eigenvalue weighted by Crippen LogP contribution is 2.10. The van der Waals surface area contributed by atoms with Crippen molar-refractivity contribution in [3.8, 4) is 0 Å². The van der Waals surface area contributed by atoms with Gasteiger partial charge in [0.25, 0.3) is 0 Å². The van der Waals surface area contributed by atoms with Crippen LogP contribution in [0, 0.1) is 5.92 Å². The highest BCUT2D eigenvalue weighted by atomic mass is 16.5. The van der Waals surface area contributed by atoms with Gasteiger partial charge in [0.2, 0.25) is 5.91 Å². The van der Waals surface area contributed by atoms with Gasteiger partial charge in [-0.2, -0.15) is 0 Å².